The van der Waals surface area contributed by atoms with E-state index in [1.807, 2.05) is 18.4 Å². The Morgan fingerprint density at radius 2 is 1.88 bits per heavy atom. The molecule has 0 heterocycles. The van der Waals surface area contributed by atoms with Crippen LogP contribution in [0.2, 0.25) is 5.02 Å². The Kier molecular flexibility index (Phi) is 6.52. The number of hydrogen-bond acceptors (Lipinski definition) is 5. The van der Waals surface area contributed by atoms with E-state index >= 15 is 0 Å². The van der Waals surface area contributed by atoms with Crippen molar-refractivity contribution in [1.82, 2.24) is 0 Å². The molecule has 0 bridgehead atoms. The minimum absolute atomic E-state index is 0.390. The van der Waals surface area contributed by atoms with E-state index < -0.39 is 18.5 Å². The first-order valence-corrected chi connectivity index (χ1v) is 8.58. The molecule has 0 aromatic heterocycles. The van der Waals surface area contributed by atoms with Crippen LogP contribution in [0.25, 0.3) is 0 Å². The van der Waals surface area contributed by atoms with Crippen molar-refractivity contribution < 1.29 is 19.1 Å². The highest BCUT2D eigenvalue weighted by Gasteiger charge is 2.12. The molecule has 0 aliphatic heterocycles. The van der Waals surface area contributed by atoms with E-state index in [0.717, 1.165) is 4.90 Å². The van der Waals surface area contributed by atoms with Gasteiger partial charge in [-0.25, -0.2) is 4.79 Å². The van der Waals surface area contributed by atoms with Crippen LogP contribution < -0.4 is 10.1 Å². The number of rotatable bonds is 6. The first-order valence-electron chi connectivity index (χ1n) is 6.98. The number of thioether (sulfide) groups is 1. The number of carbonyl (C=O) groups excluding carboxylic acids is 2. The van der Waals surface area contributed by atoms with E-state index in [1.54, 1.807) is 42.1 Å². The predicted octanol–water partition coefficient (Wildman–Crippen LogP) is 3.87. The van der Waals surface area contributed by atoms with E-state index in [9.17, 15) is 9.59 Å². The first-order chi connectivity index (χ1) is 11.5. The van der Waals surface area contributed by atoms with E-state index in [4.69, 9.17) is 21.1 Å². The molecule has 5 nitrogen and oxygen atoms in total. The van der Waals surface area contributed by atoms with Gasteiger partial charge in [0.05, 0.1) is 18.4 Å². The fourth-order valence-electron chi connectivity index (χ4n) is 1.91. The van der Waals surface area contributed by atoms with Crippen LogP contribution in [0.5, 0.6) is 5.75 Å². The molecular formula is C17H16ClNO4S. The largest absolute Gasteiger partial charge is 0.495 e. The molecule has 0 spiro atoms. The summed E-state index contributed by atoms with van der Waals surface area (Å²) in [5, 5.41) is 3.05. The van der Waals surface area contributed by atoms with Crippen molar-refractivity contribution in [3.8, 4) is 5.75 Å². The van der Waals surface area contributed by atoms with Crippen molar-refractivity contribution in [2.24, 2.45) is 0 Å². The highest BCUT2D eigenvalue weighted by atomic mass is 35.5. The summed E-state index contributed by atoms with van der Waals surface area (Å²) in [6, 6.07) is 11.8. The van der Waals surface area contributed by atoms with Gasteiger partial charge in [-0.2, -0.15) is 0 Å². The summed E-state index contributed by atoms with van der Waals surface area (Å²) in [5.74, 6) is -0.577. The molecule has 2 rings (SSSR count). The number of carbonyl (C=O) groups is 2. The van der Waals surface area contributed by atoms with Gasteiger partial charge >= 0.3 is 5.97 Å². The van der Waals surface area contributed by atoms with Crippen LogP contribution in [-0.4, -0.2) is 31.8 Å². The lowest BCUT2D eigenvalue weighted by Crippen LogP contribution is -2.21. The summed E-state index contributed by atoms with van der Waals surface area (Å²) in [6.45, 7) is -0.404. The predicted molar refractivity (Wildman–Crippen MR) is 95.1 cm³/mol. The molecule has 24 heavy (non-hydrogen) atoms. The second-order valence-corrected chi connectivity index (χ2v) is 6.01. The van der Waals surface area contributed by atoms with E-state index in [2.05, 4.69) is 5.32 Å². The monoisotopic (exact) mass is 365 g/mol. The molecule has 0 fully saturated rings. The fraction of sp³-hybridized carbons (Fsp3) is 0.176. The van der Waals surface area contributed by atoms with E-state index in [1.165, 1.54) is 7.11 Å². The number of halogens is 1. The molecule has 0 unspecified atom stereocenters. The molecule has 2 aromatic rings. The van der Waals surface area contributed by atoms with Crippen molar-refractivity contribution >= 4 is 40.9 Å². The maximum absolute atomic E-state index is 11.9. The SMILES string of the molecule is COc1ccc(Cl)cc1NC(=O)COC(=O)c1ccc(SC)cc1. The van der Waals surface area contributed by atoms with Gasteiger partial charge in [0.1, 0.15) is 5.75 Å². The first kappa shape index (κ1) is 18.2. The summed E-state index contributed by atoms with van der Waals surface area (Å²) in [5.41, 5.74) is 0.802. The topological polar surface area (TPSA) is 64.6 Å². The van der Waals surface area contributed by atoms with Crippen LogP contribution in [0.4, 0.5) is 5.69 Å². The number of esters is 1. The van der Waals surface area contributed by atoms with Crippen molar-refractivity contribution in [1.29, 1.82) is 0 Å². The molecule has 126 valence electrons. The van der Waals surface area contributed by atoms with Gasteiger partial charge in [-0.3, -0.25) is 4.79 Å². The quantitative estimate of drug-likeness (QED) is 0.622. The molecule has 0 radical (unpaired) electrons. The third kappa shape index (κ3) is 4.91. The standard InChI is InChI=1S/C17H16ClNO4S/c1-22-15-8-5-12(18)9-14(15)19-16(20)10-23-17(21)11-3-6-13(24-2)7-4-11/h3-9H,10H2,1-2H3,(H,19,20). The number of ether oxygens (including phenoxy) is 2. The minimum Gasteiger partial charge on any atom is -0.495 e. The third-order valence-electron chi connectivity index (χ3n) is 3.10. The highest BCUT2D eigenvalue weighted by Crippen LogP contribution is 2.27. The van der Waals surface area contributed by atoms with E-state index in [0.29, 0.717) is 22.0 Å². The molecule has 0 aliphatic carbocycles. The Morgan fingerprint density at radius 1 is 1.17 bits per heavy atom. The lowest BCUT2D eigenvalue weighted by atomic mass is 10.2. The average Bonchev–Trinajstić information content (AvgIpc) is 2.60. The van der Waals surface area contributed by atoms with Gasteiger partial charge in [0, 0.05) is 9.92 Å². The highest BCUT2D eigenvalue weighted by molar-refractivity contribution is 7.98. The van der Waals surface area contributed by atoms with Gasteiger partial charge in [0.15, 0.2) is 6.61 Å². The zero-order valence-corrected chi connectivity index (χ0v) is 14.7. The molecule has 0 saturated heterocycles. The van der Waals surface area contributed by atoms with Crippen LogP contribution >= 0.6 is 23.4 Å². The molecule has 0 aliphatic rings. The molecule has 1 amide bonds. The Labute approximate surface area is 149 Å². The van der Waals surface area contributed by atoms with Crippen molar-refractivity contribution in [3.05, 3.63) is 53.1 Å². The number of amides is 1. The normalized spacial score (nSPS) is 10.1. The molecule has 7 heteroatoms. The maximum atomic E-state index is 11.9. The zero-order chi connectivity index (χ0) is 17.5. The Bertz CT molecular complexity index is 734. The van der Waals surface area contributed by atoms with Gasteiger partial charge in [-0.15, -0.1) is 11.8 Å². The third-order valence-corrected chi connectivity index (χ3v) is 4.07. The summed E-state index contributed by atoms with van der Waals surface area (Å²) < 4.78 is 10.1. The lowest BCUT2D eigenvalue weighted by molar-refractivity contribution is -0.119. The van der Waals surface area contributed by atoms with Gasteiger partial charge < -0.3 is 14.8 Å². The van der Waals surface area contributed by atoms with Crippen molar-refractivity contribution in [2.75, 3.05) is 25.3 Å². The van der Waals surface area contributed by atoms with Crippen LogP contribution in [-0.2, 0) is 9.53 Å². The molecule has 0 atom stereocenters. The second kappa shape index (κ2) is 8.61. The van der Waals surface area contributed by atoms with Crippen LogP contribution in [0, 0.1) is 0 Å². The van der Waals surface area contributed by atoms with E-state index in [-0.39, 0.29) is 0 Å². The number of nitrogens with one attached hydrogen (secondary N) is 1. The van der Waals surface area contributed by atoms with Crippen LogP contribution in [0.3, 0.4) is 0 Å². The van der Waals surface area contributed by atoms with Crippen LogP contribution in [0.1, 0.15) is 10.4 Å². The van der Waals surface area contributed by atoms with Crippen molar-refractivity contribution in [3.63, 3.8) is 0 Å². The minimum atomic E-state index is -0.559. The van der Waals surface area contributed by atoms with Crippen LogP contribution in [0.15, 0.2) is 47.4 Å². The Balaban J connectivity index is 1.93. The summed E-state index contributed by atoms with van der Waals surface area (Å²) in [4.78, 5) is 24.9. The molecule has 1 N–H and O–H groups in total. The van der Waals surface area contributed by atoms with Gasteiger partial charge in [0.2, 0.25) is 0 Å². The Hall–Kier alpha value is -2.18. The number of anilines is 1. The zero-order valence-electron chi connectivity index (χ0n) is 13.2. The lowest BCUT2D eigenvalue weighted by Gasteiger charge is -2.11. The average molecular weight is 366 g/mol. The molecule has 0 saturated carbocycles. The Morgan fingerprint density at radius 3 is 2.50 bits per heavy atom. The smallest absolute Gasteiger partial charge is 0.338 e. The fourth-order valence-corrected chi connectivity index (χ4v) is 2.49. The molecule has 2 aromatic carbocycles. The second-order valence-electron chi connectivity index (χ2n) is 4.70. The summed E-state index contributed by atoms with van der Waals surface area (Å²) in [6.07, 6.45) is 1.95. The van der Waals surface area contributed by atoms with Gasteiger partial charge in [-0.1, -0.05) is 11.6 Å². The number of benzene rings is 2. The van der Waals surface area contributed by atoms with Crippen molar-refractivity contribution in [2.45, 2.75) is 4.90 Å². The maximum Gasteiger partial charge on any atom is 0.338 e. The summed E-state index contributed by atoms with van der Waals surface area (Å²) >= 11 is 7.47. The summed E-state index contributed by atoms with van der Waals surface area (Å²) in [7, 11) is 1.48. The van der Waals surface area contributed by atoms with Gasteiger partial charge in [0.25, 0.3) is 5.91 Å². The van der Waals surface area contributed by atoms with Gasteiger partial charge in [-0.05, 0) is 48.7 Å². The molecular weight excluding hydrogens is 350 g/mol. The number of hydrogen-bond donors (Lipinski definition) is 1. The number of methoxy groups -OCH3 is 1.